The van der Waals surface area contributed by atoms with E-state index in [2.05, 4.69) is 29.9 Å². The van der Waals surface area contributed by atoms with Crippen molar-refractivity contribution in [1.82, 2.24) is 4.90 Å². The summed E-state index contributed by atoms with van der Waals surface area (Å²) in [6.07, 6.45) is 11.4. The van der Waals surface area contributed by atoms with E-state index in [4.69, 9.17) is 19.0 Å². The molecule has 5 aromatic rings. The molecular weight excluding hydrogens is 878 g/mol. The Balaban J connectivity index is 1.29. The van der Waals surface area contributed by atoms with Gasteiger partial charge in [-0.1, -0.05) is 84.7 Å². The number of hydrogen-bond donors (Lipinski definition) is 2. The second kappa shape index (κ2) is 22.5. The molecule has 0 spiro atoms. The molecule has 1 saturated carbocycles. The molecule has 1 amide bonds. The molecule has 13 heteroatoms. The first-order valence-electron chi connectivity index (χ1n) is 23.6. The molecule has 1 fully saturated rings. The van der Waals surface area contributed by atoms with Crippen LogP contribution in [0.25, 0.3) is 17.2 Å². The molecule has 6 unspecified atom stereocenters. The summed E-state index contributed by atoms with van der Waals surface area (Å²) in [4.78, 5) is 33.3. The van der Waals surface area contributed by atoms with Crippen molar-refractivity contribution in [3.8, 4) is 28.4 Å². The van der Waals surface area contributed by atoms with Gasteiger partial charge in [0.25, 0.3) is 5.69 Å². The van der Waals surface area contributed by atoms with E-state index in [9.17, 15) is 24.7 Å². The van der Waals surface area contributed by atoms with E-state index in [1.165, 1.54) is 37.5 Å². The number of unbranched alkanes of at least 4 members (excludes halogenated alkanes) is 2. The maximum absolute atomic E-state index is 15.0. The van der Waals surface area contributed by atoms with Crippen LogP contribution in [0.5, 0.6) is 17.2 Å². The summed E-state index contributed by atoms with van der Waals surface area (Å²) < 4.78 is 35.5. The topological polar surface area (TPSA) is 153 Å². The quantitative estimate of drug-likeness (QED) is 0.0241. The Morgan fingerprint density at radius 2 is 1.61 bits per heavy atom. The van der Waals surface area contributed by atoms with Gasteiger partial charge in [-0.25, -0.2) is 4.39 Å². The number of amides is 1. The van der Waals surface area contributed by atoms with E-state index in [-0.39, 0.29) is 56.2 Å². The molecule has 1 heterocycles. The third kappa shape index (κ3) is 10.9. The molecular formula is C56H58FN3O9. The minimum absolute atomic E-state index is 0.0184. The van der Waals surface area contributed by atoms with Crippen molar-refractivity contribution in [2.75, 3.05) is 26.9 Å². The third-order valence-electron chi connectivity index (χ3n) is 13.5. The van der Waals surface area contributed by atoms with Crippen LogP contribution in [0.2, 0.25) is 0 Å². The molecule has 5 aromatic carbocycles. The molecule has 0 saturated heterocycles. The SMILES string of the molecule is C=CCOC12Oc3ccc(Oc4ccc(-c5ccccc5)cc4)cc3C3C(CCCCO)C(CCCCO)C=C(C(=NOC)CC1N(Cc1ccc(F)cc1)C(=O)C=Cc1ccc([N+](=O)[O-])cc1)C32. The zero-order valence-corrected chi connectivity index (χ0v) is 38.7. The molecule has 0 radical (unpaired) electrons. The second-order valence-electron chi connectivity index (χ2n) is 17.7. The summed E-state index contributed by atoms with van der Waals surface area (Å²) in [5.74, 6) is -1.46. The van der Waals surface area contributed by atoms with E-state index in [1.807, 2.05) is 60.7 Å². The predicted molar refractivity (Wildman–Crippen MR) is 263 cm³/mol. The van der Waals surface area contributed by atoms with E-state index >= 15 is 4.79 Å². The van der Waals surface area contributed by atoms with Crippen LogP contribution in [0.1, 0.15) is 67.6 Å². The summed E-state index contributed by atoms with van der Waals surface area (Å²) >= 11 is 0. The highest BCUT2D eigenvalue weighted by molar-refractivity contribution is 6.03. The first-order chi connectivity index (χ1) is 33.7. The lowest BCUT2D eigenvalue weighted by molar-refractivity contribution is -0.384. The summed E-state index contributed by atoms with van der Waals surface area (Å²) in [6, 6.07) is 34.9. The smallest absolute Gasteiger partial charge is 0.269 e. The van der Waals surface area contributed by atoms with Crippen LogP contribution in [0.15, 0.2) is 157 Å². The number of carbonyl (C=O) groups excluding carboxylic acids is 1. The molecule has 3 aliphatic rings. The lowest BCUT2D eigenvalue weighted by Gasteiger charge is -2.60. The number of aliphatic hydroxyl groups is 2. The summed E-state index contributed by atoms with van der Waals surface area (Å²) in [5.41, 5.74) is 5.69. The lowest BCUT2D eigenvalue weighted by Crippen LogP contribution is -2.70. The Morgan fingerprint density at radius 3 is 2.29 bits per heavy atom. The van der Waals surface area contributed by atoms with E-state index in [0.717, 1.165) is 47.9 Å². The number of nitrogens with zero attached hydrogens (tertiary/aromatic N) is 3. The highest BCUT2D eigenvalue weighted by Gasteiger charge is 2.65. The van der Waals surface area contributed by atoms with Gasteiger partial charge in [0.15, 0.2) is 0 Å². The van der Waals surface area contributed by atoms with Gasteiger partial charge in [-0.05, 0) is 126 Å². The van der Waals surface area contributed by atoms with Gasteiger partial charge in [0.1, 0.15) is 36.2 Å². The highest BCUT2D eigenvalue weighted by atomic mass is 19.1. The number of ether oxygens (including phenoxy) is 3. The Labute approximate surface area is 402 Å². The Kier molecular flexibility index (Phi) is 15.8. The normalized spacial score (nSPS) is 21.9. The minimum atomic E-state index is -1.55. The van der Waals surface area contributed by atoms with Crippen molar-refractivity contribution < 1.29 is 43.4 Å². The number of non-ortho nitro benzene ring substituents is 1. The average Bonchev–Trinajstić information content (AvgIpc) is 3.37. The van der Waals surface area contributed by atoms with Crippen molar-refractivity contribution in [3.05, 3.63) is 184 Å². The zero-order valence-electron chi connectivity index (χ0n) is 38.7. The van der Waals surface area contributed by atoms with Crippen molar-refractivity contribution >= 4 is 23.4 Å². The number of halogens is 1. The van der Waals surface area contributed by atoms with Crippen LogP contribution in [-0.4, -0.2) is 70.4 Å². The lowest BCUT2D eigenvalue weighted by atomic mass is 9.55. The fraction of sp³-hybridized carbons (Fsp3) is 0.321. The van der Waals surface area contributed by atoms with Gasteiger partial charge in [0, 0.05) is 55.9 Å². The van der Waals surface area contributed by atoms with Crippen molar-refractivity contribution in [2.45, 2.75) is 69.2 Å². The predicted octanol–water partition coefficient (Wildman–Crippen LogP) is 11.2. The summed E-state index contributed by atoms with van der Waals surface area (Å²) in [6.45, 7) is 4.23. The number of fused-ring (bicyclic) bond motifs is 2. The van der Waals surface area contributed by atoms with Crippen molar-refractivity contribution in [2.24, 2.45) is 22.9 Å². The number of hydrogen-bond acceptors (Lipinski definition) is 10. The number of benzene rings is 5. The van der Waals surface area contributed by atoms with Crippen LogP contribution >= 0.6 is 0 Å². The second-order valence-corrected chi connectivity index (χ2v) is 17.7. The average molecular weight is 936 g/mol. The third-order valence-corrected chi connectivity index (χ3v) is 13.5. The standard InChI is InChI=1S/C56H58FN3O9/c1-3-33-67-56-52(59(37-39-15-22-43(57)23-16-39)53(63)30-19-38-17-24-44(25-18-38)60(64)65)36-50(58-66-2)48-34-42(13-7-9-31-61)47(14-8-10-32-62)54(55(48)56)49-35-46(28-29-51(49)69-56)68-45-26-20-41(21-27-45)40-11-5-4-6-12-40/h3-6,11-12,15-30,34-35,42,47,52,54-55,61-62H,1,7-10,13-14,31-33,36-37H2,2H3. The van der Waals surface area contributed by atoms with Gasteiger partial charge in [-0.3, -0.25) is 14.9 Å². The largest absolute Gasteiger partial charge is 0.459 e. The summed E-state index contributed by atoms with van der Waals surface area (Å²) in [7, 11) is 1.49. The number of rotatable bonds is 21. The number of allylic oxidation sites excluding steroid dienone is 1. The molecule has 8 rings (SSSR count). The van der Waals surface area contributed by atoms with Crippen molar-refractivity contribution in [3.63, 3.8) is 0 Å². The molecule has 1 aliphatic heterocycles. The maximum Gasteiger partial charge on any atom is 0.269 e. The molecule has 2 aliphatic carbocycles. The molecule has 12 nitrogen and oxygen atoms in total. The van der Waals surface area contributed by atoms with Gasteiger partial charge >= 0.3 is 0 Å². The minimum Gasteiger partial charge on any atom is -0.459 e. The Hall–Kier alpha value is -6.93. The van der Waals surface area contributed by atoms with Gasteiger partial charge in [0.2, 0.25) is 11.7 Å². The highest BCUT2D eigenvalue weighted by Crippen LogP contribution is 2.62. The molecule has 2 N–H and O–H groups in total. The molecule has 0 bridgehead atoms. The van der Waals surface area contributed by atoms with E-state index in [0.29, 0.717) is 46.9 Å². The number of aliphatic hydroxyl groups excluding tert-OH is 2. The fourth-order valence-electron chi connectivity index (χ4n) is 10.4. The first kappa shape index (κ1) is 48.5. The van der Waals surface area contributed by atoms with Gasteiger partial charge < -0.3 is 34.2 Å². The van der Waals surface area contributed by atoms with Crippen molar-refractivity contribution in [1.29, 1.82) is 0 Å². The van der Waals surface area contributed by atoms with Gasteiger partial charge in [-0.2, -0.15) is 0 Å². The van der Waals surface area contributed by atoms with E-state index in [1.54, 1.807) is 41.3 Å². The molecule has 69 heavy (non-hydrogen) atoms. The van der Waals surface area contributed by atoms with Crippen LogP contribution in [0.3, 0.4) is 0 Å². The monoisotopic (exact) mass is 935 g/mol. The summed E-state index contributed by atoms with van der Waals surface area (Å²) in [5, 5.41) is 36.1. The Bertz CT molecular complexity index is 2650. The molecule has 358 valence electrons. The van der Waals surface area contributed by atoms with Crippen LogP contribution in [-0.2, 0) is 20.9 Å². The first-order valence-corrected chi connectivity index (χ1v) is 23.6. The number of carbonyl (C=O) groups is 1. The molecule has 0 aromatic heterocycles. The molecule has 6 atom stereocenters. The maximum atomic E-state index is 15.0. The Morgan fingerprint density at radius 1 is 0.913 bits per heavy atom. The number of oxime groups is 1. The van der Waals surface area contributed by atoms with Gasteiger partial charge in [0.05, 0.1) is 23.2 Å². The van der Waals surface area contributed by atoms with E-state index < -0.39 is 34.4 Å². The number of nitro benzene ring substituents is 1. The zero-order chi connectivity index (χ0) is 48.3. The van der Waals surface area contributed by atoms with Gasteiger partial charge in [-0.15, -0.1) is 6.58 Å². The fourth-order valence-corrected chi connectivity index (χ4v) is 10.4. The number of nitro groups is 1. The van der Waals surface area contributed by atoms with Crippen LogP contribution in [0, 0.1) is 33.7 Å². The van der Waals surface area contributed by atoms with Crippen LogP contribution in [0.4, 0.5) is 10.1 Å². The van der Waals surface area contributed by atoms with Crippen LogP contribution < -0.4 is 9.47 Å².